The summed E-state index contributed by atoms with van der Waals surface area (Å²) in [6.45, 7) is 1.97. The number of hydrogen-bond donors (Lipinski definition) is 1. The summed E-state index contributed by atoms with van der Waals surface area (Å²) >= 11 is 0. The molecule has 1 fully saturated rings. The van der Waals surface area contributed by atoms with E-state index in [0.29, 0.717) is 23.6 Å². The molecule has 0 aliphatic carbocycles. The van der Waals surface area contributed by atoms with Gasteiger partial charge in [-0.3, -0.25) is 9.59 Å². The topological polar surface area (TPSA) is 85.1 Å². The van der Waals surface area contributed by atoms with E-state index >= 15 is 0 Å². The summed E-state index contributed by atoms with van der Waals surface area (Å²) in [4.78, 5) is 28.3. The Morgan fingerprint density at radius 2 is 1.86 bits per heavy atom. The van der Waals surface area contributed by atoms with Gasteiger partial charge in [0.05, 0.1) is 13.2 Å². The number of benzene rings is 2. The van der Waals surface area contributed by atoms with E-state index in [1.165, 1.54) is 7.11 Å². The van der Waals surface area contributed by atoms with Gasteiger partial charge in [0, 0.05) is 25.2 Å². The number of ether oxygens (including phenoxy) is 2. The van der Waals surface area contributed by atoms with Crippen LogP contribution in [0.4, 0.5) is 0 Å². The number of nitrogens with zero attached hydrogens (tertiary/aromatic N) is 2. The monoisotopic (exact) mass is 383 g/mol. The molecule has 2 aromatic rings. The molecule has 7 nitrogen and oxygen atoms in total. The van der Waals surface area contributed by atoms with Crippen LogP contribution in [0.25, 0.3) is 0 Å². The first kappa shape index (κ1) is 19.7. The molecular formula is C21H25N3O4. The highest BCUT2D eigenvalue weighted by molar-refractivity contribution is 5.95. The van der Waals surface area contributed by atoms with Gasteiger partial charge < -0.3 is 25.0 Å². The van der Waals surface area contributed by atoms with E-state index in [0.717, 1.165) is 18.7 Å². The molecule has 1 saturated heterocycles. The first-order valence-electron chi connectivity index (χ1n) is 9.13. The van der Waals surface area contributed by atoms with Crippen molar-refractivity contribution in [3.8, 4) is 11.5 Å². The summed E-state index contributed by atoms with van der Waals surface area (Å²) in [6, 6.07) is 15.0. The van der Waals surface area contributed by atoms with Gasteiger partial charge in [-0.05, 0) is 30.8 Å². The Balaban J connectivity index is 1.86. The van der Waals surface area contributed by atoms with Crippen LogP contribution in [0.1, 0.15) is 22.0 Å². The molecule has 1 aliphatic rings. The molecule has 2 N–H and O–H groups in total. The Kier molecular flexibility index (Phi) is 6.16. The first-order chi connectivity index (χ1) is 13.5. The summed E-state index contributed by atoms with van der Waals surface area (Å²) in [5.74, 6) is 0.111. The van der Waals surface area contributed by atoms with E-state index in [1.807, 2.05) is 35.2 Å². The van der Waals surface area contributed by atoms with Gasteiger partial charge in [0.25, 0.3) is 11.8 Å². The molecule has 2 aromatic carbocycles. The molecule has 0 aromatic heterocycles. The van der Waals surface area contributed by atoms with E-state index in [2.05, 4.69) is 11.9 Å². The number of nitrogens with two attached hydrogens (primary N) is 1. The van der Waals surface area contributed by atoms with E-state index in [-0.39, 0.29) is 18.6 Å². The van der Waals surface area contributed by atoms with Crippen molar-refractivity contribution in [1.82, 2.24) is 9.80 Å². The van der Waals surface area contributed by atoms with Crippen LogP contribution in [-0.2, 0) is 4.79 Å². The van der Waals surface area contributed by atoms with Crippen molar-refractivity contribution in [3.05, 3.63) is 59.7 Å². The fourth-order valence-corrected chi connectivity index (χ4v) is 3.36. The fourth-order valence-electron chi connectivity index (χ4n) is 3.36. The number of hydrogen-bond acceptors (Lipinski definition) is 5. The molecule has 7 heteroatoms. The quantitative estimate of drug-likeness (QED) is 0.821. The molecule has 28 heavy (non-hydrogen) atoms. The number of carbonyl (C=O) groups is 2. The average molecular weight is 383 g/mol. The Morgan fingerprint density at radius 1 is 1.11 bits per heavy atom. The van der Waals surface area contributed by atoms with Crippen LogP contribution in [0.3, 0.4) is 0 Å². The minimum atomic E-state index is -0.578. The van der Waals surface area contributed by atoms with Gasteiger partial charge in [0.15, 0.2) is 18.1 Å². The van der Waals surface area contributed by atoms with E-state index in [9.17, 15) is 9.59 Å². The van der Waals surface area contributed by atoms with Gasteiger partial charge in [-0.1, -0.05) is 30.3 Å². The number of carbonyl (C=O) groups excluding carboxylic acids is 2. The SMILES string of the molecule is COc1cc(C(=O)N2CCN(C)CC2c2ccccc2)ccc1OCC(N)=O. The van der Waals surface area contributed by atoms with Crippen molar-refractivity contribution in [2.75, 3.05) is 40.4 Å². The maximum atomic E-state index is 13.3. The largest absolute Gasteiger partial charge is 0.493 e. The number of piperazine rings is 1. The van der Waals surface area contributed by atoms with Crippen LogP contribution in [0.2, 0.25) is 0 Å². The van der Waals surface area contributed by atoms with Gasteiger partial charge in [-0.15, -0.1) is 0 Å². The third-order valence-corrected chi connectivity index (χ3v) is 4.81. The summed E-state index contributed by atoms with van der Waals surface area (Å²) in [5, 5.41) is 0. The maximum Gasteiger partial charge on any atom is 0.255 e. The summed E-state index contributed by atoms with van der Waals surface area (Å²) in [6.07, 6.45) is 0. The lowest BCUT2D eigenvalue weighted by Gasteiger charge is -2.40. The van der Waals surface area contributed by atoms with Crippen LogP contribution < -0.4 is 15.2 Å². The van der Waals surface area contributed by atoms with Gasteiger partial charge >= 0.3 is 0 Å². The number of rotatable bonds is 6. The van der Waals surface area contributed by atoms with Gasteiger partial charge in [0.2, 0.25) is 0 Å². The highest BCUT2D eigenvalue weighted by Crippen LogP contribution is 2.31. The zero-order valence-corrected chi connectivity index (χ0v) is 16.1. The van der Waals surface area contributed by atoms with E-state index in [1.54, 1.807) is 18.2 Å². The maximum absolute atomic E-state index is 13.3. The van der Waals surface area contributed by atoms with Crippen molar-refractivity contribution in [3.63, 3.8) is 0 Å². The third kappa shape index (κ3) is 4.43. The highest BCUT2D eigenvalue weighted by atomic mass is 16.5. The summed E-state index contributed by atoms with van der Waals surface area (Å²) in [7, 11) is 3.55. The zero-order chi connectivity index (χ0) is 20.1. The van der Waals surface area contributed by atoms with Crippen molar-refractivity contribution in [1.29, 1.82) is 0 Å². The molecule has 1 heterocycles. The second-order valence-electron chi connectivity index (χ2n) is 6.81. The molecular weight excluding hydrogens is 358 g/mol. The van der Waals surface area contributed by atoms with Crippen LogP contribution in [0, 0.1) is 0 Å². The Labute approximate surface area is 164 Å². The smallest absolute Gasteiger partial charge is 0.255 e. The lowest BCUT2D eigenvalue weighted by atomic mass is 10.0. The van der Waals surface area contributed by atoms with Crippen LogP contribution >= 0.6 is 0 Å². The highest BCUT2D eigenvalue weighted by Gasteiger charge is 2.31. The Morgan fingerprint density at radius 3 is 2.54 bits per heavy atom. The van der Waals surface area contributed by atoms with E-state index in [4.69, 9.17) is 15.2 Å². The molecule has 1 atom stereocenters. The molecule has 0 bridgehead atoms. The molecule has 0 spiro atoms. The van der Waals surface area contributed by atoms with Crippen LogP contribution in [-0.4, -0.2) is 62.0 Å². The predicted octanol–water partition coefficient (Wildman–Crippen LogP) is 1.69. The summed E-state index contributed by atoms with van der Waals surface area (Å²) in [5.41, 5.74) is 6.74. The van der Waals surface area contributed by atoms with Gasteiger partial charge in [0.1, 0.15) is 0 Å². The minimum Gasteiger partial charge on any atom is -0.493 e. The molecule has 1 unspecified atom stereocenters. The Hall–Kier alpha value is -3.06. The second-order valence-corrected chi connectivity index (χ2v) is 6.81. The lowest BCUT2D eigenvalue weighted by molar-refractivity contribution is -0.119. The Bertz CT molecular complexity index is 841. The average Bonchev–Trinajstić information content (AvgIpc) is 2.72. The number of methoxy groups -OCH3 is 1. The van der Waals surface area contributed by atoms with Crippen molar-refractivity contribution in [2.45, 2.75) is 6.04 Å². The fraction of sp³-hybridized carbons (Fsp3) is 0.333. The van der Waals surface area contributed by atoms with Crippen molar-refractivity contribution < 1.29 is 19.1 Å². The summed E-state index contributed by atoms with van der Waals surface area (Å²) < 4.78 is 10.7. The number of likely N-dealkylation sites (N-methyl/N-ethyl adjacent to an activating group) is 1. The zero-order valence-electron chi connectivity index (χ0n) is 16.1. The van der Waals surface area contributed by atoms with Gasteiger partial charge in [-0.2, -0.15) is 0 Å². The molecule has 3 rings (SSSR count). The molecule has 0 radical (unpaired) electrons. The number of amides is 2. The van der Waals surface area contributed by atoms with Gasteiger partial charge in [-0.25, -0.2) is 0 Å². The normalized spacial score (nSPS) is 17.2. The van der Waals surface area contributed by atoms with Crippen LogP contribution in [0.15, 0.2) is 48.5 Å². The predicted molar refractivity (Wildman–Crippen MR) is 105 cm³/mol. The minimum absolute atomic E-state index is 0.0239. The van der Waals surface area contributed by atoms with Crippen LogP contribution in [0.5, 0.6) is 11.5 Å². The standard InChI is InChI=1S/C21H25N3O4/c1-23-10-11-24(17(13-23)15-6-4-3-5-7-15)21(26)16-8-9-18(19(12-16)27-2)28-14-20(22)25/h3-9,12,17H,10-11,13-14H2,1-2H3,(H2,22,25). The molecule has 1 aliphatic heterocycles. The molecule has 2 amide bonds. The van der Waals surface area contributed by atoms with E-state index < -0.39 is 5.91 Å². The second kappa shape index (κ2) is 8.75. The number of primary amides is 1. The van der Waals surface area contributed by atoms with Crippen molar-refractivity contribution >= 4 is 11.8 Å². The van der Waals surface area contributed by atoms with Crippen molar-refractivity contribution in [2.24, 2.45) is 5.73 Å². The first-order valence-corrected chi connectivity index (χ1v) is 9.13. The molecule has 148 valence electrons. The third-order valence-electron chi connectivity index (χ3n) is 4.81. The molecule has 0 saturated carbocycles. The lowest BCUT2D eigenvalue weighted by Crippen LogP contribution is -2.49.